The van der Waals surface area contributed by atoms with Gasteiger partial charge in [-0.2, -0.15) is 0 Å². The van der Waals surface area contributed by atoms with E-state index in [9.17, 15) is 0 Å². The molecule has 0 radical (unpaired) electrons. The first-order valence-corrected chi connectivity index (χ1v) is 6.12. The van der Waals surface area contributed by atoms with Crippen molar-refractivity contribution in [1.82, 2.24) is 4.98 Å². The summed E-state index contributed by atoms with van der Waals surface area (Å²) in [5.74, 6) is 2.29. The molecule has 0 atom stereocenters. The first-order chi connectivity index (χ1) is 9.13. The van der Waals surface area contributed by atoms with Crippen molar-refractivity contribution in [3.63, 3.8) is 0 Å². The molecule has 0 saturated carbocycles. The number of hydrogen-bond acceptors (Lipinski definition) is 4. The summed E-state index contributed by atoms with van der Waals surface area (Å²) >= 11 is 0. The molecule has 4 heteroatoms. The van der Waals surface area contributed by atoms with E-state index in [4.69, 9.17) is 15.9 Å². The Hall–Kier alpha value is -2.49. The highest BCUT2D eigenvalue weighted by Gasteiger charge is 2.08. The number of hydrogen-bond donors (Lipinski definition) is 2. The summed E-state index contributed by atoms with van der Waals surface area (Å²) in [6.45, 7) is 1.92. The van der Waals surface area contributed by atoms with Crippen LogP contribution in [0.15, 0.2) is 40.8 Å². The summed E-state index contributed by atoms with van der Waals surface area (Å²) in [7, 11) is 0. The minimum atomic E-state index is 0.521. The zero-order chi connectivity index (χ0) is 13.4. The molecule has 0 bridgehead atoms. The summed E-state index contributed by atoms with van der Waals surface area (Å²) in [6.07, 6.45) is 0.622. The first kappa shape index (κ1) is 11.6. The molecule has 1 aromatic carbocycles. The number of benzene rings is 1. The fourth-order valence-electron chi connectivity index (χ4n) is 2.18. The first-order valence-electron chi connectivity index (χ1n) is 6.12. The van der Waals surface area contributed by atoms with Crippen molar-refractivity contribution in [1.29, 1.82) is 0 Å². The van der Waals surface area contributed by atoms with Gasteiger partial charge >= 0.3 is 0 Å². The molecule has 2 heterocycles. The number of rotatable bonds is 2. The minimum Gasteiger partial charge on any atom is -0.466 e. The minimum absolute atomic E-state index is 0.521. The Labute approximate surface area is 111 Å². The second-order valence-corrected chi connectivity index (χ2v) is 4.64. The molecule has 4 nitrogen and oxygen atoms in total. The number of nitrogen functional groups attached to an aromatic ring is 2. The van der Waals surface area contributed by atoms with Crippen LogP contribution in [0.3, 0.4) is 0 Å². The van der Waals surface area contributed by atoms with Gasteiger partial charge in [-0.1, -0.05) is 6.07 Å². The van der Waals surface area contributed by atoms with Gasteiger partial charge in [0.2, 0.25) is 0 Å². The molecule has 0 saturated heterocycles. The van der Waals surface area contributed by atoms with Crippen LogP contribution in [0.25, 0.3) is 10.9 Å². The summed E-state index contributed by atoms with van der Waals surface area (Å²) in [5, 5.41) is 0.926. The maximum atomic E-state index is 6.00. The van der Waals surface area contributed by atoms with Crippen molar-refractivity contribution in [2.24, 2.45) is 0 Å². The number of anilines is 2. The number of furan rings is 1. The maximum absolute atomic E-state index is 6.00. The van der Waals surface area contributed by atoms with Crippen LogP contribution in [0.1, 0.15) is 17.1 Å². The number of nitrogens with two attached hydrogens (primary N) is 2. The van der Waals surface area contributed by atoms with Gasteiger partial charge in [-0.15, -0.1) is 0 Å². The topological polar surface area (TPSA) is 78.1 Å². The Morgan fingerprint density at radius 2 is 2.00 bits per heavy atom. The van der Waals surface area contributed by atoms with Crippen LogP contribution < -0.4 is 11.5 Å². The van der Waals surface area contributed by atoms with Gasteiger partial charge < -0.3 is 15.9 Å². The van der Waals surface area contributed by atoms with Gasteiger partial charge in [-0.25, -0.2) is 4.98 Å². The number of aryl methyl sites for hydroxylation is 1. The monoisotopic (exact) mass is 253 g/mol. The Morgan fingerprint density at radius 1 is 1.16 bits per heavy atom. The fourth-order valence-corrected chi connectivity index (χ4v) is 2.18. The van der Waals surface area contributed by atoms with Crippen molar-refractivity contribution in [2.45, 2.75) is 13.3 Å². The van der Waals surface area contributed by atoms with Gasteiger partial charge in [-0.05, 0) is 37.3 Å². The molecule has 0 amide bonds. The molecule has 0 spiro atoms. The second-order valence-electron chi connectivity index (χ2n) is 4.64. The Bertz CT molecular complexity index is 746. The number of aromatic nitrogens is 1. The van der Waals surface area contributed by atoms with Gasteiger partial charge in [0, 0.05) is 23.1 Å². The van der Waals surface area contributed by atoms with Crippen LogP contribution in [0.5, 0.6) is 0 Å². The molecular formula is C15H15N3O. The third-order valence-electron chi connectivity index (χ3n) is 3.17. The second kappa shape index (κ2) is 4.31. The molecule has 0 aliphatic carbocycles. The summed E-state index contributed by atoms with van der Waals surface area (Å²) in [5.41, 5.74) is 14.4. The predicted molar refractivity (Wildman–Crippen MR) is 76.8 cm³/mol. The van der Waals surface area contributed by atoms with E-state index in [0.29, 0.717) is 17.9 Å². The van der Waals surface area contributed by atoms with E-state index < -0.39 is 0 Å². The molecule has 96 valence electrons. The molecule has 4 N–H and O–H groups in total. The molecule has 0 fully saturated rings. The van der Waals surface area contributed by atoms with Crippen LogP contribution in [0.2, 0.25) is 0 Å². The Balaban J connectivity index is 2.08. The standard InChI is InChI=1S/C15H15N3O/c1-9-5-6-11(19-9)7-10-8-12-13(16)3-2-4-14(12)18-15(10)17/h2-6,8H,7,16H2,1H3,(H2,17,18). The zero-order valence-corrected chi connectivity index (χ0v) is 10.7. The largest absolute Gasteiger partial charge is 0.466 e. The molecule has 0 aliphatic heterocycles. The highest BCUT2D eigenvalue weighted by Crippen LogP contribution is 2.25. The van der Waals surface area contributed by atoms with Crippen LogP contribution in [-0.2, 0) is 6.42 Å². The molecule has 3 rings (SSSR count). The van der Waals surface area contributed by atoms with Gasteiger partial charge in [0.25, 0.3) is 0 Å². The Morgan fingerprint density at radius 3 is 2.74 bits per heavy atom. The highest BCUT2D eigenvalue weighted by atomic mass is 16.3. The average molecular weight is 253 g/mol. The lowest BCUT2D eigenvalue weighted by atomic mass is 10.1. The van der Waals surface area contributed by atoms with E-state index in [0.717, 1.165) is 28.0 Å². The van der Waals surface area contributed by atoms with E-state index in [1.807, 2.05) is 43.3 Å². The molecule has 2 aromatic heterocycles. The SMILES string of the molecule is Cc1ccc(Cc2cc3c(N)cccc3nc2N)o1. The zero-order valence-electron chi connectivity index (χ0n) is 10.7. The van der Waals surface area contributed by atoms with Crippen LogP contribution in [0.4, 0.5) is 11.5 Å². The van der Waals surface area contributed by atoms with Gasteiger partial charge in [-0.3, -0.25) is 0 Å². The quantitative estimate of drug-likeness (QED) is 0.688. The van der Waals surface area contributed by atoms with Gasteiger partial charge in [0.15, 0.2) is 0 Å². The van der Waals surface area contributed by atoms with Crippen LogP contribution >= 0.6 is 0 Å². The van der Waals surface area contributed by atoms with Crippen molar-refractivity contribution < 1.29 is 4.42 Å². The van der Waals surface area contributed by atoms with Crippen LogP contribution in [0, 0.1) is 6.92 Å². The normalized spacial score (nSPS) is 11.0. The summed E-state index contributed by atoms with van der Waals surface area (Å²) < 4.78 is 5.57. The van der Waals surface area contributed by atoms with Crippen LogP contribution in [-0.4, -0.2) is 4.98 Å². The van der Waals surface area contributed by atoms with E-state index >= 15 is 0 Å². The lowest BCUT2D eigenvalue weighted by Gasteiger charge is -2.07. The lowest BCUT2D eigenvalue weighted by molar-refractivity contribution is 0.493. The summed E-state index contributed by atoms with van der Waals surface area (Å²) in [4.78, 5) is 4.40. The lowest BCUT2D eigenvalue weighted by Crippen LogP contribution is -2.00. The van der Waals surface area contributed by atoms with E-state index in [2.05, 4.69) is 4.98 Å². The maximum Gasteiger partial charge on any atom is 0.127 e. The smallest absolute Gasteiger partial charge is 0.127 e. The van der Waals surface area contributed by atoms with Gasteiger partial charge in [0.1, 0.15) is 17.3 Å². The van der Waals surface area contributed by atoms with E-state index in [-0.39, 0.29) is 0 Å². The Kier molecular flexibility index (Phi) is 2.63. The van der Waals surface area contributed by atoms with E-state index in [1.165, 1.54) is 0 Å². The number of fused-ring (bicyclic) bond motifs is 1. The average Bonchev–Trinajstić information content (AvgIpc) is 2.77. The molecule has 19 heavy (non-hydrogen) atoms. The predicted octanol–water partition coefficient (Wildman–Crippen LogP) is 2.89. The van der Waals surface area contributed by atoms with Gasteiger partial charge in [0.05, 0.1) is 5.52 Å². The highest BCUT2D eigenvalue weighted by molar-refractivity contribution is 5.91. The number of nitrogens with zero attached hydrogens (tertiary/aromatic N) is 1. The number of pyridine rings is 1. The third-order valence-corrected chi connectivity index (χ3v) is 3.17. The van der Waals surface area contributed by atoms with Crippen molar-refractivity contribution in [3.05, 3.63) is 53.5 Å². The fraction of sp³-hybridized carbons (Fsp3) is 0.133. The third kappa shape index (κ3) is 2.12. The molecule has 0 aliphatic rings. The van der Waals surface area contributed by atoms with Crippen molar-refractivity contribution in [3.8, 4) is 0 Å². The molecular weight excluding hydrogens is 238 g/mol. The van der Waals surface area contributed by atoms with Crippen molar-refractivity contribution >= 4 is 22.4 Å². The molecule has 3 aromatic rings. The van der Waals surface area contributed by atoms with E-state index in [1.54, 1.807) is 0 Å². The summed E-state index contributed by atoms with van der Waals surface area (Å²) in [6, 6.07) is 11.5. The van der Waals surface area contributed by atoms with Crippen molar-refractivity contribution in [2.75, 3.05) is 11.5 Å². The molecule has 0 unspecified atom stereocenters.